The van der Waals surface area contributed by atoms with Crippen LogP contribution in [-0.2, 0) is 13.1 Å². The Morgan fingerprint density at radius 3 is 2.38 bits per heavy atom. The Balaban J connectivity index is 0.00000338. The molecule has 8 heteroatoms. The van der Waals surface area contributed by atoms with E-state index in [1.54, 1.807) is 14.2 Å². The van der Waals surface area contributed by atoms with E-state index < -0.39 is 0 Å². The third-order valence-corrected chi connectivity index (χ3v) is 4.37. The van der Waals surface area contributed by atoms with Gasteiger partial charge in [-0.3, -0.25) is 0 Å². The van der Waals surface area contributed by atoms with Crippen LogP contribution in [-0.4, -0.2) is 37.8 Å². The summed E-state index contributed by atoms with van der Waals surface area (Å²) in [4.78, 5) is 4.65. The number of hydrogen-bond acceptors (Lipinski definition) is 3. The summed E-state index contributed by atoms with van der Waals surface area (Å²) in [6.07, 6.45) is 4.10. The number of rotatable bonds is 8. The first-order valence-electron chi connectivity index (χ1n) is 8.21. The summed E-state index contributed by atoms with van der Waals surface area (Å²) in [6, 6.07) is 7.88. The van der Waals surface area contributed by atoms with E-state index in [4.69, 9.17) is 9.47 Å². The van der Waals surface area contributed by atoms with E-state index in [-0.39, 0.29) is 24.0 Å². The van der Waals surface area contributed by atoms with Crippen LogP contribution >= 0.6 is 39.9 Å². The van der Waals surface area contributed by atoms with Gasteiger partial charge in [0.2, 0.25) is 0 Å². The van der Waals surface area contributed by atoms with Crippen molar-refractivity contribution in [3.05, 3.63) is 46.7 Å². The van der Waals surface area contributed by atoms with Crippen molar-refractivity contribution in [2.24, 2.45) is 4.99 Å². The zero-order valence-corrected chi connectivity index (χ0v) is 19.2. The van der Waals surface area contributed by atoms with Crippen molar-refractivity contribution in [3.8, 4) is 11.5 Å². The monoisotopic (exact) mass is 536 g/mol. The van der Waals surface area contributed by atoms with Gasteiger partial charge in [0.15, 0.2) is 17.5 Å². The number of aliphatic imine (C=N–C) groups is 1. The van der Waals surface area contributed by atoms with Crippen molar-refractivity contribution in [1.82, 2.24) is 15.2 Å². The van der Waals surface area contributed by atoms with Crippen molar-refractivity contribution in [2.75, 3.05) is 27.3 Å². The molecule has 0 bridgehead atoms. The van der Waals surface area contributed by atoms with E-state index in [2.05, 4.69) is 43.0 Å². The number of aromatic nitrogens is 1. The number of ether oxygens (including phenoxy) is 2. The molecule has 0 aliphatic carbocycles. The van der Waals surface area contributed by atoms with E-state index in [9.17, 15) is 0 Å². The molecule has 1 aromatic carbocycles. The molecule has 0 aliphatic heterocycles. The molecule has 1 aromatic heterocycles. The van der Waals surface area contributed by atoms with Crippen molar-refractivity contribution in [1.29, 1.82) is 0 Å². The summed E-state index contributed by atoms with van der Waals surface area (Å²) in [5.41, 5.74) is 1.03. The number of guanidine groups is 1. The van der Waals surface area contributed by atoms with E-state index in [0.29, 0.717) is 18.0 Å². The van der Waals surface area contributed by atoms with Gasteiger partial charge < -0.3 is 24.7 Å². The SMILES string of the molecule is CCNC(=NCc1cc(OC)c(OC)cc1Br)NCCn1cccc1.I. The van der Waals surface area contributed by atoms with Crippen LogP contribution in [0.5, 0.6) is 11.5 Å². The average molecular weight is 537 g/mol. The molecule has 0 saturated heterocycles. The molecule has 1 heterocycles. The van der Waals surface area contributed by atoms with Gasteiger partial charge in [0.05, 0.1) is 20.8 Å². The predicted octanol–water partition coefficient (Wildman–Crippen LogP) is 3.64. The summed E-state index contributed by atoms with van der Waals surface area (Å²) in [5.74, 6) is 2.18. The van der Waals surface area contributed by atoms with Crippen LogP contribution in [0.15, 0.2) is 46.1 Å². The fourth-order valence-electron chi connectivity index (χ4n) is 2.35. The Hall–Kier alpha value is -1.42. The van der Waals surface area contributed by atoms with E-state index >= 15 is 0 Å². The van der Waals surface area contributed by atoms with Gasteiger partial charge in [-0.15, -0.1) is 24.0 Å². The number of nitrogens with zero attached hydrogens (tertiary/aromatic N) is 2. The molecule has 0 radical (unpaired) electrons. The molecule has 0 fully saturated rings. The minimum Gasteiger partial charge on any atom is -0.493 e. The molecular weight excluding hydrogens is 511 g/mol. The third kappa shape index (κ3) is 6.71. The fourth-order valence-corrected chi connectivity index (χ4v) is 2.79. The topological polar surface area (TPSA) is 59.8 Å². The molecule has 0 atom stereocenters. The molecule has 0 amide bonds. The van der Waals surface area contributed by atoms with Crippen LogP contribution in [0.2, 0.25) is 0 Å². The van der Waals surface area contributed by atoms with Gasteiger partial charge in [0, 0.05) is 36.5 Å². The molecule has 2 N–H and O–H groups in total. The molecule has 6 nitrogen and oxygen atoms in total. The maximum Gasteiger partial charge on any atom is 0.191 e. The van der Waals surface area contributed by atoms with E-state index in [1.165, 1.54) is 0 Å². The zero-order chi connectivity index (χ0) is 18.1. The molecule has 2 rings (SSSR count). The number of benzene rings is 1. The van der Waals surface area contributed by atoms with Gasteiger partial charge in [-0.05, 0) is 36.8 Å². The molecule has 26 heavy (non-hydrogen) atoms. The number of hydrogen-bond donors (Lipinski definition) is 2. The number of halogens is 2. The van der Waals surface area contributed by atoms with Crippen LogP contribution in [0.1, 0.15) is 12.5 Å². The van der Waals surface area contributed by atoms with Crippen molar-refractivity contribution in [3.63, 3.8) is 0 Å². The first kappa shape index (κ1) is 22.6. The first-order chi connectivity index (χ1) is 12.2. The highest BCUT2D eigenvalue weighted by molar-refractivity contribution is 14.0. The van der Waals surface area contributed by atoms with Crippen LogP contribution in [0.3, 0.4) is 0 Å². The molecular formula is C18H26BrIN4O2. The summed E-state index contributed by atoms with van der Waals surface area (Å²) < 4.78 is 13.7. The molecule has 0 saturated carbocycles. The normalized spacial score (nSPS) is 10.8. The highest BCUT2D eigenvalue weighted by Gasteiger charge is 2.09. The van der Waals surface area contributed by atoms with Crippen LogP contribution < -0.4 is 20.1 Å². The van der Waals surface area contributed by atoms with Gasteiger partial charge in [-0.2, -0.15) is 0 Å². The Morgan fingerprint density at radius 1 is 1.12 bits per heavy atom. The second-order valence-electron chi connectivity index (χ2n) is 5.34. The van der Waals surface area contributed by atoms with E-state index in [0.717, 1.165) is 35.6 Å². The molecule has 0 unspecified atom stereocenters. The van der Waals surface area contributed by atoms with Crippen molar-refractivity contribution in [2.45, 2.75) is 20.0 Å². The Labute approximate surface area is 180 Å². The predicted molar refractivity (Wildman–Crippen MR) is 120 cm³/mol. The van der Waals surface area contributed by atoms with Gasteiger partial charge in [-0.1, -0.05) is 15.9 Å². The summed E-state index contributed by atoms with van der Waals surface area (Å²) in [7, 11) is 3.26. The fraction of sp³-hybridized carbons (Fsp3) is 0.389. The lowest BCUT2D eigenvalue weighted by Crippen LogP contribution is -2.38. The second-order valence-corrected chi connectivity index (χ2v) is 6.20. The average Bonchev–Trinajstić information content (AvgIpc) is 3.13. The number of nitrogens with one attached hydrogen (secondary N) is 2. The molecule has 0 spiro atoms. The van der Waals surface area contributed by atoms with Gasteiger partial charge in [0.1, 0.15) is 0 Å². The second kappa shape index (κ2) is 12.1. The third-order valence-electron chi connectivity index (χ3n) is 3.63. The van der Waals surface area contributed by atoms with Crippen molar-refractivity contribution >= 4 is 45.9 Å². The standard InChI is InChI=1S/C18H25BrN4O2.HI/c1-4-20-18(21-7-10-23-8-5-6-9-23)22-13-14-11-16(24-2)17(25-3)12-15(14)19;/h5-6,8-9,11-12H,4,7,10,13H2,1-3H3,(H2,20,21,22);1H. The maximum absolute atomic E-state index is 5.36. The summed E-state index contributed by atoms with van der Waals surface area (Å²) >= 11 is 3.57. The van der Waals surface area contributed by atoms with Gasteiger partial charge >= 0.3 is 0 Å². The minimum absolute atomic E-state index is 0. The highest BCUT2D eigenvalue weighted by atomic mass is 127. The lowest BCUT2D eigenvalue weighted by atomic mass is 10.2. The highest BCUT2D eigenvalue weighted by Crippen LogP contribution is 2.33. The molecule has 144 valence electrons. The Kier molecular flexibility index (Phi) is 10.5. The number of methoxy groups -OCH3 is 2. The lowest BCUT2D eigenvalue weighted by Gasteiger charge is -2.13. The van der Waals surface area contributed by atoms with E-state index in [1.807, 2.05) is 36.7 Å². The Morgan fingerprint density at radius 2 is 1.77 bits per heavy atom. The lowest BCUT2D eigenvalue weighted by molar-refractivity contribution is 0.354. The van der Waals surface area contributed by atoms with Crippen LogP contribution in [0.4, 0.5) is 0 Å². The summed E-state index contributed by atoms with van der Waals surface area (Å²) in [6.45, 7) is 5.07. The quantitative estimate of drug-likeness (QED) is 0.307. The van der Waals surface area contributed by atoms with Crippen molar-refractivity contribution < 1.29 is 9.47 Å². The largest absolute Gasteiger partial charge is 0.493 e. The molecule has 0 aliphatic rings. The van der Waals surface area contributed by atoms with Gasteiger partial charge in [-0.25, -0.2) is 4.99 Å². The first-order valence-corrected chi connectivity index (χ1v) is 9.00. The Bertz CT molecular complexity index is 693. The minimum atomic E-state index is 0. The zero-order valence-electron chi connectivity index (χ0n) is 15.3. The van der Waals surface area contributed by atoms with Gasteiger partial charge in [0.25, 0.3) is 0 Å². The molecule has 2 aromatic rings. The maximum atomic E-state index is 5.36. The van der Waals surface area contributed by atoms with Crippen LogP contribution in [0, 0.1) is 0 Å². The van der Waals surface area contributed by atoms with Crippen LogP contribution in [0.25, 0.3) is 0 Å². The summed E-state index contributed by atoms with van der Waals surface area (Å²) in [5, 5.41) is 6.61. The smallest absolute Gasteiger partial charge is 0.191 e.